The monoisotopic (exact) mass is 717 g/mol. The van der Waals surface area contributed by atoms with Gasteiger partial charge in [0, 0.05) is 43.5 Å². The number of imidazole rings is 2. The fraction of sp³-hybridized carbons (Fsp3) is 0.342. The van der Waals surface area contributed by atoms with E-state index < -0.39 is 11.8 Å². The molecule has 0 bridgehead atoms. The summed E-state index contributed by atoms with van der Waals surface area (Å²) in [6.07, 6.45) is 6.50. The van der Waals surface area contributed by atoms with E-state index in [9.17, 15) is 19.2 Å². The molecule has 4 amide bonds. The Bertz CT molecular complexity index is 2410. The van der Waals surface area contributed by atoms with Gasteiger partial charge >= 0.3 is 0 Å². The Labute approximate surface area is 305 Å². The van der Waals surface area contributed by atoms with Crippen LogP contribution < -0.4 is 22.1 Å². The van der Waals surface area contributed by atoms with Crippen LogP contribution in [0.15, 0.2) is 48.7 Å². The summed E-state index contributed by atoms with van der Waals surface area (Å²) in [6, 6.07) is 11.9. The van der Waals surface area contributed by atoms with E-state index in [0.29, 0.717) is 90.9 Å². The first kappa shape index (κ1) is 35.2. The fourth-order valence-corrected chi connectivity index (χ4v) is 7.28. The molecule has 7 rings (SSSR count). The van der Waals surface area contributed by atoms with E-state index in [-0.39, 0.29) is 11.8 Å². The summed E-state index contributed by atoms with van der Waals surface area (Å²) in [5.74, 6) is -1.01. The van der Waals surface area contributed by atoms with Crippen LogP contribution in [0, 0.1) is 13.8 Å². The average Bonchev–Trinajstić information content (AvgIpc) is 3.86. The number of carbonyl (C=O) groups is 4. The Morgan fingerprint density at radius 1 is 0.755 bits per heavy atom. The van der Waals surface area contributed by atoms with E-state index in [1.807, 2.05) is 40.7 Å². The molecule has 6 N–H and O–H groups in total. The second-order valence-electron chi connectivity index (χ2n) is 13.6. The van der Waals surface area contributed by atoms with Gasteiger partial charge in [-0.15, -0.1) is 0 Å². The van der Waals surface area contributed by atoms with Gasteiger partial charge in [-0.3, -0.25) is 34.5 Å². The molecule has 0 unspecified atom stereocenters. The third-order valence-corrected chi connectivity index (χ3v) is 9.92. The second kappa shape index (κ2) is 14.4. The molecule has 0 atom stereocenters. The van der Waals surface area contributed by atoms with Crippen molar-refractivity contribution in [1.82, 2.24) is 33.4 Å². The maximum absolute atomic E-state index is 14.1. The van der Waals surface area contributed by atoms with Gasteiger partial charge < -0.3 is 25.2 Å². The first-order chi connectivity index (χ1) is 25.5. The number of nitrogens with zero attached hydrogens (tertiary/aromatic N) is 7. The van der Waals surface area contributed by atoms with Crippen molar-refractivity contribution in [2.24, 2.45) is 11.5 Å². The normalized spacial score (nSPS) is 14.8. The highest BCUT2D eigenvalue weighted by molar-refractivity contribution is 6.05. The van der Waals surface area contributed by atoms with Gasteiger partial charge in [0.25, 0.3) is 11.8 Å². The van der Waals surface area contributed by atoms with Crippen LogP contribution in [0.1, 0.15) is 97.5 Å². The molecular weight excluding hydrogens is 674 g/mol. The number of hydrogen-bond donors (Lipinski definition) is 4. The summed E-state index contributed by atoms with van der Waals surface area (Å²) in [6.45, 7) is 8.04. The Morgan fingerprint density at radius 3 is 1.89 bits per heavy atom. The summed E-state index contributed by atoms with van der Waals surface area (Å²) in [7, 11) is 0. The number of nitrogens with one attached hydrogen (secondary N) is 2. The Morgan fingerprint density at radius 2 is 1.32 bits per heavy atom. The number of amides is 4. The van der Waals surface area contributed by atoms with E-state index >= 15 is 0 Å². The van der Waals surface area contributed by atoms with Gasteiger partial charge in [0.1, 0.15) is 11.4 Å². The number of anilines is 2. The zero-order chi connectivity index (χ0) is 37.4. The second-order valence-corrected chi connectivity index (χ2v) is 13.6. The molecule has 0 fully saturated rings. The van der Waals surface area contributed by atoms with Crippen molar-refractivity contribution in [3.8, 4) is 0 Å². The van der Waals surface area contributed by atoms with E-state index in [0.717, 1.165) is 47.1 Å². The van der Waals surface area contributed by atoms with Crippen molar-refractivity contribution < 1.29 is 19.2 Å². The quantitative estimate of drug-likeness (QED) is 0.199. The lowest BCUT2D eigenvalue weighted by molar-refractivity contribution is 0.0992. The van der Waals surface area contributed by atoms with Gasteiger partial charge in [-0.05, 0) is 106 Å². The predicted octanol–water partition coefficient (Wildman–Crippen LogP) is 4.93. The largest absolute Gasteiger partial charge is 0.366 e. The van der Waals surface area contributed by atoms with Crippen molar-refractivity contribution >= 4 is 57.6 Å². The zero-order valence-corrected chi connectivity index (χ0v) is 30.1. The van der Waals surface area contributed by atoms with Crippen LogP contribution in [0.3, 0.4) is 0 Å². The maximum Gasteiger partial charge on any atom is 0.276 e. The molecule has 0 saturated carbocycles. The van der Waals surface area contributed by atoms with E-state index in [2.05, 4.69) is 15.7 Å². The molecule has 1 aliphatic rings. The number of primary amides is 2. The number of carbonyl (C=O) groups excluding carboxylic acids is 4. The molecule has 15 nitrogen and oxygen atoms in total. The molecular formula is C38H43N11O4. The molecule has 1 aliphatic heterocycles. The SMILES string of the molecule is CCn1cc(C)c2c1C(=O)Nc1nc3cc(C(N)=O)ccc3n1CCCCn1c(nc3cc(C(N)=O)ccc31)NC(=O)c1cc(C)nn1CCCCC2. The molecule has 15 heteroatoms. The van der Waals surface area contributed by atoms with E-state index in [1.54, 1.807) is 47.1 Å². The maximum atomic E-state index is 14.1. The minimum atomic E-state index is -0.571. The van der Waals surface area contributed by atoms with Crippen molar-refractivity contribution in [2.75, 3.05) is 10.6 Å². The molecule has 4 aromatic heterocycles. The standard InChI is InChI=1S/C38H43N11O4/c1-4-46-21-22(2)26-10-6-5-7-17-49-31(18-23(3)45-49)35(52)43-37-41-27-19-24(33(39)50)11-13-29(27)47(37)15-8-9-16-48-30-14-12-25(34(40)51)20-28(30)42-38(48)44-36(53)32(26)46/h11-14,18-21H,4-10,15-17H2,1-3H3,(H2,39,50)(H2,40,51)(H,41,43,52)(H,42,44,53). The zero-order valence-electron chi connectivity index (χ0n) is 30.1. The van der Waals surface area contributed by atoms with Gasteiger partial charge in [0.05, 0.1) is 27.8 Å². The lowest BCUT2D eigenvalue weighted by Gasteiger charge is -2.14. The summed E-state index contributed by atoms with van der Waals surface area (Å²) < 4.78 is 7.58. The van der Waals surface area contributed by atoms with Crippen molar-refractivity contribution in [2.45, 2.75) is 85.5 Å². The number of benzene rings is 2. The number of hydrogen-bond acceptors (Lipinski definition) is 7. The highest BCUT2D eigenvalue weighted by Gasteiger charge is 2.24. The van der Waals surface area contributed by atoms with Crippen LogP contribution in [-0.2, 0) is 32.6 Å². The van der Waals surface area contributed by atoms with Gasteiger partial charge in [0.2, 0.25) is 23.7 Å². The van der Waals surface area contributed by atoms with Crippen molar-refractivity contribution in [1.29, 1.82) is 0 Å². The molecule has 53 heavy (non-hydrogen) atoms. The smallest absolute Gasteiger partial charge is 0.276 e. The highest BCUT2D eigenvalue weighted by atomic mass is 16.2. The lowest BCUT2D eigenvalue weighted by Crippen LogP contribution is -2.21. The average molecular weight is 718 g/mol. The van der Waals surface area contributed by atoms with Crippen molar-refractivity contribution in [3.63, 3.8) is 0 Å². The number of aryl methyl sites for hydroxylation is 6. The molecule has 6 aromatic rings. The molecule has 274 valence electrons. The van der Waals surface area contributed by atoms with Gasteiger partial charge in [-0.2, -0.15) is 5.10 Å². The number of fused-ring (bicyclic) bond motifs is 8. The third kappa shape index (κ3) is 6.89. The molecule has 0 saturated heterocycles. The van der Waals surface area contributed by atoms with Crippen LogP contribution >= 0.6 is 0 Å². The molecule has 5 heterocycles. The van der Waals surface area contributed by atoms with Crippen LogP contribution in [-0.4, -0.2) is 57.1 Å². The van der Waals surface area contributed by atoms with Crippen LogP contribution in [0.5, 0.6) is 0 Å². The third-order valence-electron chi connectivity index (χ3n) is 9.92. The summed E-state index contributed by atoms with van der Waals surface area (Å²) >= 11 is 0. The molecule has 0 radical (unpaired) electrons. The van der Waals surface area contributed by atoms with Crippen molar-refractivity contribution in [3.05, 3.63) is 88.0 Å². The molecule has 0 aliphatic carbocycles. The van der Waals surface area contributed by atoms with Crippen LogP contribution in [0.25, 0.3) is 22.1 Å². The van der Waals surface area contributed by atoms with E-state index in [4.69, 9.17) is 21.4 Å². The molecule has 2 aromatic carbocycles. The minimum Gasteiger partial charge on any atom is -0.366 e. The minimum absolute atomic E-state index is 0.251. The first-order valence-corrected chi connectivity index (χ1v) is 18.0. The lowest BCUT2D eigenvalue weighted by atomic mass is 10.0. The predicted molar refractivity (Wildman–Crippen MR) is 201 cm³/mol. The topological polar surface area (TPSA) is 203 Å². The Balaban J connectivity index is 1.28. The van der Waals surface area contributed by atoms with E-state index in [1.165, 1.54) is 0 Å². The Kier molecular flexibility index (Phi) is 9.56. The van der Waals surface area contributed by atoms with Gasteiger partial charge in [-0.25, -0.2) is 9.97 Å². The fourth-order valence-electron chi connectivity index (χ4n) is 7.28. The van der Waals surface area contributed by atoms with Crippen LogP contribution in [0.2, 0.25) is 0 Å². The van der Waals surface area contributed by atoms with Gasteiger partial charge in [-0.1, -0.05) is 6.42 Å². The highest BCUT2D eigenvalue weighted by Crippen LogP contribution is 2.27. The molecule has 0 spiro atoms. The first-order valence-electron chi connectivity index (χ1n) is 18.0. The summed E-state index contributed by atoms with van der Waals surface area (Å²) in [5, 5.41) is 10.7. The Hall–Kier alpha value is -6.25. The summed E-state index contributed by atoms with van der Waals surface area (Å²) in [4.78, 5) is 61.4. The number of nitrogens with two attached hydrogens (primary N) is 2. The van der Waals surface area contributed by atoms with Gasteiger partial charge in [0.15, 0.2) is 0 Å². The summed E-state index contributed by atoms with van der Waals surface area (Å²) in [5.41, 5.74) is 18.1. The number of rotatable bonds is 3. The number of aromatic nitrogens is 7. The van der Waals surface area contributed by atoms with Crippen LogP contribution in [0.4, 0.5) is 11.9 Å².